The third-order valence-electron chi connectivity index (χ3n) is 1.09. The van der Waals surface area contributed by atoms with Gasteiger partial charge in [0.15, 0.2) is 5.78 Å². The van der Waals surface area contributed by atoms with Crippen LogP contribution in [0.5, 0.6) is 0 Å². The van der Waals surface area contributed by atoms with E-state index in [2.05, 4.69) is 10.7 Å². The Balaban J connectivity index is 4.70. The summed E-state index contributed by atoms with van der Waals surface area (Å²) in [5, 5.41) is 8.91. The van der Waals surface area contributed by atoms with Crippen LogP contribution in [0.3, 0.4) is 0 Å². The first-order chi connectivity index (χ1) is 5.45. The highest BCUT2D eigenvalue weighted by molar-refractivity contribution is 6.14. The summed E-state index contributed by atoms with van der Waals surface area (Å²) in [6.07, 6.45) is 0.944. The van der Waals surface area contributed by atoms with Gasteiger partial charge >= 0.3 is 6.03 Å². The van der Waals surface area contributed by atoms with E-state index in [-0.39, 0.29) is 17.1 Å². The number of nitrogens with two attached hydrogens (primary N) is 1. The van der Waals surface area contributed by atoms with E-state index < -0.39 is 6.03 Å². The number of rotatable bonds is 2. The van der Waals surface area contributed by atoms with E-state index in [4.69, 9.17) is 5.11 Å². The molecule has 0 aliphatic carbocycles. The van der Waals surface area contributed by atoms with Crippen LogP contribution < -0.4 is 5.73 Å². The number of urea groups is 1. The van der Waals surface area contributed by atoms with Gasteiger partial charge in [-0.15, -0.1) is 0 Å². The molecular weight excluding hydrogens is 160 g/mol. The molecule has 0 heterocycles. The van der Waals surface area contributed by atoms with Gasteiger partial charge in [-0.3, -0.25) is 4.79 Å². The number of allylic oxidation sites excluding steroid dienone is 2. The molecule has 0 unspecified atom stereocenters. The minimum Gasteiger partial charge on any atom is -0.512 e. The van der Waals surface area contributed by atoms with Crippen molar-refractivity contribution in [1.82, 2.24) is 0 Å². The summed E-state index contributed by atoms with van der Waals surface area (Å²) in [5.41, 5.74) is 4.67. The van der Waals surface area contributed by atoms with Crippen molar-refractivity contribution in [3.8, 4) is 0 Å². The Morgan fingerprint density at radius 3 is 2.17 bits per heavy atom. The van der Waals surface area contributed by atoms with Crippen LogP contribution in [0.1, 0.15) is 13.8 Å². The van der Waals surface area contributed by atoms with Gasteiger partial charge in [0.2, 0.25) is 0 Å². The van der Waals surface area contributed by atoms with Crippen LogP contribution >= 0.6 is 0 Å². The highest BCUT2D eigenvalue weighted by Crippen LogP contribution is 1.98. The largest absolute Gasteiger partial charge is 0.512 e. The minimum absolute atomic E-state index is 0.0196. The molecule has 0 atom stereocenters. The van der Waals surface area contributed by atoms with E-state index in [9.17, 15) is 9.59 Å². The van der Waals surface area contributed by atoms with Gasteiger partial charge in [-0.2, -0.15) is 0 Å². The summed E-state index contributed by atoms with van der Waals surface area (Å²) in [5.74, 6) is -0.562. The van der Waals surface area contributed by atoms with Crippen LogP contribution in [-0.2, 0) is 4.79 Å². The zero-order chi connectivity index (χ0) is 9.72. The second-order valence-electron chi connectivity index (χ2n) is 2.15. The molecule has 0 rings (SSSR count). The molecule has 0 bridgehead atoms. The molecule has 0 saturated carbocycles. The molecule has 5 heteroatoms. The van der Waals surface area contributed by atoms with Crippen molar-refractivity contribution in [1.29, 1.82) is 0 Å². The number of carbonyl (C=O) groups is 2. The highest BCUT2D eigenvalue weighted by Gasteiger charge is 2.04. The Morgan fingerprint density at radius 1 is 1.42 bits per heavy atom. The fourth-order valence-corrected chi connectivity index (χ4v) is 0.567. The lowest BCUT2D eigenvalue weighted by Crippen LogP contribution is -2.07. The third-order valence-corrected chi connectivity index (χ3v) is 1.09. The number of hydrogen-bond donors (Lipinski definition) is 2. The van der Waals surface area contributed by atoms with Crippen LogP contribution in [0.25, 0.3) is 0 Å². The summed E-state index contributed by atoms with van der Waals surface area (Å²) in [7, 11) is 0. The summed E-state index contributed by atoms with van der Waals surface area (Å²) in [6, 6.07) is -0.907. The molecule has 0 aromatic heterocycles. The molecule has 12 heavy (non-hydrogen) atoms. The van der Waals surface area contributed by atoms with E-state index in [1.54, 1.807) is 0 Å². The molecule has 0 aromatic carbocycles. The molecule has 0 saturated heterocycles. The molecule has 0 aliphatic heterocycles. The highest BCUT2D eigenvalue weighted by atomic mass is 16.3. The van der Waals surface area contributed by atoms with Crippen LogP contribution in [0.15, 0.2) is 16.3 Å². The average molecular weight is 170 g/mol. The van der Waals surface area contributed by atoms with Gasteiger partial charge in [0.05, 0.1) is 5.57 Å². The first kappa shape index (κ1) is 10.3. The van der Waals surface area contributed by atoms with Gasteiger partial charge in [0.1, 0.15) is 5.76 Å². The van der Waals surface area contributed by atoms with Crippen molar-refractivity contribution >= 4 is 18.0 Å². The molecule has 0 spiro atoms. The number of nitrogens with zero attached hydrogens (tertiary/aromatic N) is 1. The summed E-state index contributed by atoms with van der Waals surface area (Å²) in [4.78, 5) is 24.0. The van der Waals surface area contributed by atoms with Gasteiger partial charge in [-0.05, 0) is 13.8 Å². The van der Waals surface area contributed by atoms with Crippen molar-refractivity contribution in [3.05, 3.63) is 11.3 Å². The summed E-state index contributed by atoms with van der Waals surface area (Å²) < 4.78 is 0. The van der Waals surface area contributed by atoms with Crippen LogP contribution in [0.2, 0.25) is 0 Å². The Bertz CT molecular complexity index is 262. The number of amides is 2. The summed E-state index contributed by atoms with van der Waals surface area (Å²) >= 11 is 0. The van der Waals surface area contributed by atoms with Crippen LogP contribution in [0, 0.1) is 0 Å². The van der Waals surface area contributed by atoms with Crippen molar-refractivity contribution in [2.24, 2.45) is 10.7 Å². The number of hydrogen-bond acceptors (Lipinski definition) is 3. The summed E-state index contributed by atoms with van der Waals surface area (Å²) in [6.45, 7) is 2.58. The maximum atomic E-state index is 10.7. The Hall–Kier alpha value is -1.65. The second-order valence-corrected chi connectivity index (χ2v) is 2.15. The van der Waals surface area contributed by atoms with Crippen molar-refractivity contribution in [2.45, 2.75) is 13.8 Å². The van der Waals surface area contributed by atoms with E-state index in [0.29, 0.717) is 0 Å². The Labute approximate surface area is 69.6 Å². The lowest BCUT2D eigenvalue weighted by molar-refractivity contribution is -0.113. The number of ketones is 1. The van der Waals surface area contributed by atoms with Gasteiger partial charge in [-0.1, -0.05) is 0 Å². The Morgan fingerprint density at radius 2 is 1.92 bits per heavy atom. The van der Waals surface area contributed by atoms with E-state index in [0.717, 1.165) is 6.21 Å². The maximum Gasteiger partial charge on any atom is 0.338 e. The van der Waals surface area contributed by atoms with Crippen molar-refractivity contribution in [3.63, 3.8) is 0 Å². The Kier molecular flexibility index (Phi) is 3.69. The molecule has 2 amide bonds. The normalized spacial score (nSPS) is 12.8. The zero-order valence-corrected chi connectivity index (χ0v) is 6.87. The van der Waals surface area contributed by atoms with E-state index in [1.807, 2.05) is 0 Å². The first-order valence-corrected chi connectivity index (χ1v) is 3.19. The SMILES string of the molecule is CC(=O)C(/C=N/C(N)=O)=C(/C)O. The van der Waals surface area contributed by atoms with Crippen LogP contribution in [-0.4, -0.2) is 23.1 Å². The minimum atomic E-state index is -0.907. The maximum absolute atomic E-state index is 10.7. The fraction of sp³-hybridized carbons (Fsp3) is 0.286. The zero-order valence-electron chi connectivity index (χ0n) is 6.87. The number of Topliss-reactive ketones (excluding diaryl/α,β-unsaturated/α-hetero) is 1. The standard InChI is InChI=1S/C7H10N2O3/c1-4(10)6(5(2)11)3-9-7(8)12/h3,10H,1-2H3,(H2,8,12)/b6-4-,9-3+. The van der Waals surface area contributed by atoms with E-state index in [1.165, 1.54) is 13.8 Å². The number of carbonyl (C=O) groups excluding carboxylic acids is 2. The van der Waals surface area contributed by atoms with Crippen molar-refractivity contribution in [2.75, 3.05) is 0 Å². The average Bonchev–Trinajstić information content (AvgIpc) is 1.84. The van der Waals surface area contributed by atoms with Gasteiger partial charge in [-0.25, -0.2) is 9.79 Å². The second kappa shape index (κ2) is 4.27. The lowest BCUT2D eigenvalue weighted by atomic mass is 10.2. The quantitative estimate of drug-likeness (QED) is 0.360. The molecule has 0 radical (unpaired) electrons. The number of aliphatic hydroxyl groups is 1. The van der Waals surface area contributed by atoms with Gasteiger partial charge in [0, 0.05) is 6.21 Å². The number of primary amides is 1. The lowest BCUT2D eigenvalue weighted by Gasteiger charge is -1.95. The number of aliphatic imine (C=N–C) groups is 1. The molecule has 3 N–H and O–H groups in total. The molecule has 66 valence electrons. The van der Waals surface area contributed by atoms with Crippen LogP contribution in [0.4, 0.5) is 4.79 Å². The van der Waals surface area contributed by atoms with E-state index >= 15 is 0 Å². The first-order valence-electron chi connectivity index (χ1n) is 3.19. The van der Waals surface area contributed by atoms with Gasteiger partial charge < -0.3 is 10.8 Å². The van der Waals surface area contributed by atoms with Gasteiger partial charge in [0.25, 0.3) is 0 Å². The molecule has 0 aromatic rings. The smallest absolute Gasteiger partial charge is 0.338 e. The molecule has 0 fully saturated rings. The monoisotopic (exact) mass is 170 g/mol. The van der Waals surface area contributed by atoms with Crippen molar-refractivity contribution < 1.29 is 14.7 Å². The molecule has 0 aliphatic rings. The predicted molar refractivity (Wildman–Crippen MR) is 44.1 cm³/mol. The predicted octanol–water partition coefficient (Wildman–Crippen LogP) is 0.557. The number of aliphatic hydroxyl groups excluding tert-OH is 1. The molecular formula is C7H10N2O3. The topological polar surface area (TPSA) is 92.8 Å². The third kappa shape index (κ3) is 3.50. The molecule has 5 nitrogen and oxygen atoms in total. The fourth-order valence-electron chi connectivity index (χ4n) is 0.567.